The molecule has 0 amide bonds. The number of hydrogen-bond donors (Lipinski definition) is 0. The van der Waals surface area contributed by atoms with E-state index in [4.69, 9.17) is 4.74 Å². The van der Waals surface area contributed by atoms with Gasteiger partial charge in [0.05, 0.1) is 19.0 Å². The van der Waals surface area contributed by atoms with Crippen molar-refractivity contribution in [2.75, 3.05) is 7.11 Å². The molecule has 1 heterocycles. The molecular weight excluding hydrogens is 200 g/mol. The molecule has 0 unspecified atom stereocenters. The summed E-state index contributed by atoms with van der Waals surface area (Å²) < 4.78 is 7.21. The Morgan fingerprint density at radius 2 is 1.88 bits per heavy atom. The lowest BCUT2D eigenvalue weighted by atomic mass is 10.1. The van der Waals surface area contributed by atoms with Crippen molar-refractivity contribution in [1.82, 2.24) is 9.78 Å². The van der Waals surface area contributed by atoms with E-state index in [1.165, 1.54) is 11.1 Å². The molecule has 0 aliphatic carbocycles. The van der Waals surface area contributed by atoms with Crippen molar-refractivity contribution >= 4 is 0 Å². The molecule has 0 bridgehead atoms. The summed E-state index contributed by atoms with van der Waals surface area (Å²) in [4.78, 5) is 0. The largest absolute Gasteiger partial charge is 0.481 e. The van der Waals surface area contributed by atoms with E-state index in [2.05, 4.69) is 37.1 Å². The van der Waals surface area contributed by atoms with E-state index in [0.29, 0.717) is 0 Å². The molecule has 3 heteroatoms. The van der Waals surface area contributed by atoms with Crippen molar-refractivity contribution in [3.63, 3.8) is 0 Å². The third kappa shape index (κ3) is 1.69. The highest BCUT2D eigenvalue weighted by Gasteiger charge is 2.11. The van der Waals surface area contributed by atoms with Crippen LogP contribution in [0.1, 0.15) is 16.7 Å². The normalized spacial score (nSPS) is 10.5. The standard InChI is InChI=1S/C13H16N2O/c1-9-5-6-10(2)12(7-9)15-13(16-4)11(3)8-14-15/h5-8H,1-4H3. The van der Waals surface area contributed by atoms with Gasteiger partial charge in [0.15, 0.2) is 0 Å². The van der Waals surface area contributed by atoms with E-state index >= 15 is 0 Å². The maximum absolute atomic E-state index is 5.37. The first kappa shape index (κ1) is 10.7. The second kappa shape index (κ2) is 4.00. The third-order valence-corrected chi connectivity index (χ3v) is 2.68. The molecule has 0 N–H and O–H groups in total. The first-order valence-corrected chi connectivity index (χ1v) is 5.29. The highest BCUT2D eigenvalue weighted by atomic mass is 16.5. The van der Waals surface area contributed by atoms with Gasteiger partial charge in [-0.1, -0.05) is 12.1 Å². The Labute approximate surface area is 95.7 Å². The molecule has 0 radical (unpaired) electrons. The summed E-state index contributed by atoms with van der Waals surface area (Å²) in [7, 11) is 1.67. The topological polar surface area (TPSA) is 27.1 Å². The van der Waals surface area contributed by atoms with Crippen LogP contribution in [0.2, 0.25) is 0 Å². The summed E-state index contributed by atoms with van der Waals surface area (Å²) in [6.45, 7) is 6.14. The average molecular weight is 216 g/mol. The number of nitrogens with zero attached hydrogens (tertiary/aromatic N) is 2. The Hall–Kier alpha value is -1.77. The van der Waals surface area contributed by atoms with Crippen molar-refractivity contribution < 1.29 is 4.74 Å². The molecule has 0 atom stereocenters. The van der Waals surface area contributed by atoms with E-state index in [1.807, 2.05) is 17.8 Å². The molecule has 1 aromatic carbocycles. The summed E-state index contributed by atoms with van der Waals surface area (Å²) in [6, 6.07) is 6.31. The van der Waals surface area contributed by atoms with Crippen LogP contribution in [0.3, 0.4) is 0 Å². The Morgan fingerprint density at radius 1 is 1.12 bits per heavy atom. The van der Waals surface area contributed by atoms with E-state index in [0.717, 1.165) is 17.1 Å². The second-order valence-electron chi connectivity index (χ2n) is 4.04. The summed E-state index contributed by atoms with van der Waals surface area (Å²) in [6.07, 6.45) is 1.82. The molecule has 1 aromatic heterocycles. The Balaban J connectivity index is 2.62. The van der Waals surface area contributed by atoms with Gasteiger partial charge in [-0.2, -0.15) is 5.10 Å². The summed E-state index contributed by atoms with van der Waals surface area (Å²) in [5.41, 5.74) is 4.52. The molecule has 3 nitrogen and oxygen atoms in total. The molecule has 2 rings (SSSR count). The van der Waals surface area contributed by atoms with E-state index in [1.54, 1.807) is 7.11 Å². The molecule has 16 heavy (non-hydrogen) atoms. The van der Waals surface area contributed by atoms with Crippen LogP contribution < -0.4 is 4.74 Å². The Morgan fingerprint density at radius 3 is 2.56 bits per heavy atom. The van der Waals surface area contributed by atoms with E-state index in [-0.39, 0.29) is 0 Å². The summed E-state index contributed by atoms with van der Waals surface area (Å²) in [5, 5.41) is 4.35. The Kier molecular flexibility index (Phi) is 2.69. The Bertz CT molecular complexity index is 515. The fourth-order valence-electron chi connectivity index (χ4n) is 1.79. The minimum atomic E-state index is 0.800. The second-order valence-corrected chi connectivity index (χ2v) is 4.04. The number of aryl methyl sites for hydroxylation is 3. The van der Waals surface area contributed by atoms with E-state index < -0.39 is 0 Å². The number of rotatable bonds is 2. The van der Waals surface area contributed by atoms with Crippen LogP contribution in [0.4, 0.5) is 0 Å². The zero-order chi connectivity index (χ0) is 11.7. The van der Waals surface area contributed by atoms with Gasteiger partial charge in [-0.05, 0) is 38.0 Å². The van der Waals surface area contributed by atoms with Gasteiger partial charge in [0.25, 0.3) is 0 Å². The van der Waals surface area contributed by atoms with Crippen LogP contribution in [0.25, 0.3) is 5.69 Å². The van der Waals surface area contributed by atoms with Gasteiger partial charge in [-0.3, -0.25) is 0 Å². The van der Waals surface area contributed by atoms with Crippen LogP contribution in [0.5, 0.6) is 5.88 Å². The highest BCUT2D eigenvalue weighted by Crippen LogP contribution is 2.24. The van der Waals surface area contributed by atoms with Crippen LogP contribution in [-0.4, -0.2) is 16.9 Å². The van der Waals surface area contributed by atoms with Gasteiger partial charge >= 0.3 is 0 Å². The predicted octanol–water partition coefficient (Wildman–Crippen LogP) is 2.81. The zero-order valence-corrected chi connectivity index (χ0v) is 10.1. The predicted molar refractivity (Wildman–Crippen MR) is 64.3 cm³/mol. The summed E-state index contributed by atoms with van der Waals surface area (Å²) >= 11 is 0. The lowest BCUT2D eigenvalue weighted by Gasteiger charge is -2.10. The number of ether oxygens (including phenoxy) is 1. The fraction of sp³-hybridized carbons (Fsp3) is 0.308. The van der Waals surface area contributed by atoms with Crippen molar-refractivity contribution in [2.24, 2.45) is 0 Å². The number of aromatic nitrogens is 2. The first-order chi connectivity index (χ1) is 7.63. The zero-order valence-electron chi connectivity index (χ0n) is 10.1. The molecule has 0 aliphatic rings. The number of hydrogen-bond acceptors (Lipinski definition) is 2. The van der Waals surface area contributed by atoms with Crippen LogP contribution in [0.15, 0.2) is 24.4 Å². The molecule has 0 spiro atoms. The number of benzene rings is 1. The van der Waals surface area contributed by atoms with Gasteiger partial charge in [0.2, 0.25) is 5.88 Å². The van der Waals surface area contributed by atoms with Crippen molar-refractivity contribution in [1.29, 1.82) is 0 Å². The lowest BCUT2D eigenvalue weighted by molar-refractivity contribution is 0.380. The van der Waals surface area contributed by atoms with Crippen molar-refractivity contribution in [3.8, 4) is 11.6 Å². The van der Waals surface area contributed by atoms with E-state index in [9.17, 15) is 0 Å². The third-order valence-electron chi connectivity index (χ3n) is 2.68. The summed E-state index contributed by atoms with van der Waals surface area (Å²) in [5.74, 6) is 0.800. The molecule has 84 valence electrons. The van der Waals surface area contributed by atoms with Gasteiger partial charge in [-0.15, -0.1) is 0 Å². The van der Waals surface area contributed by atoms with Crippen LogP contribution in [-0.2, 0) is 0 Å². The monoisotopic (exact) mass is 216 g/mol. The maximum Gasteiger partial charge on any atom is 0.219 e. The van der Waals surface area contributed by atoms with Gasteiger partial charge in [-0.25, -0.2) is 4.68 Å². The molecule has 0 saturated carbocycles. The molecule has 0 saturated heterocycles. The smallest absolute Gasteiger partial charge is 0.219 e. The average Bonchev–Trinajstić information content (AvgIpc) is 2.63. The molecular formula is C13H16N2O. The SMILES string of the molecule is COc1c(C)cnn1-c1cc(C)ccc1C. The number of methoxy groups -OCH3 is 1. The quantitative estimate of drug-likeness (QED) is 0.771. The van der Waals surface area contributed by atoms with Gasteiger partial charge in [0, 0.05) is 5.56 Å². The van der Waals surface area contributed by atoms with Gasteiger partial charge < -0.3 is 4.74 Å². The minimum Gasteiger partial charge on any atom is -0.481 e. The molecule has 2 aromatic rings. The van der Waals surface area contributed by atoms with Crippen LogP contribution >= 0.6 is 0 Å². The molecule has 0 aliphatic heterocycles. The van der Waals surface area contributed by atoms with Crippen molar-refractivity contribution in [3.05, 3.63) is 41.1 Å². The minimum absolute atomic E-state index is 0.800. The van der Waals surface area contributed by atoms with Crippen LogP contribution in [0, 0.1) is 20.8 Å². The maximum atomic E-state index is 5.37. The fourth-order valence-corrected chi connectivity index (χ4v) is 1.79. The van der Waals surface area contributed by atoms with Gasteiger partial charge in [0.1, 0.15) is 0 Å². The lowest BCUT2D eigenvalue weighted by Crippen LogP contribution is -2.02. The molecule has 0 fully saturated rings. The van der Waals surface area contributed by atoms with Crippen molar-refractivity contribution in [2.45, 2.75) is 20.8 Å². The first-order valence-electron chi connectivity index (χ1n) is 5.29. The highest BCUT2D eigenvalue weighted by molar-refractivity contribution is 5.45.